The van der Waals surface area contributed by atoms with Crippen LogP contribution in [-0.4, -0.2) is 14.8 Å². The Morgan fingerprint density at radius 2 is 2.20 bits per heavy atom. The highest BCUT2D eigenvalue weighted by Gasteiger charge is 1.99. The molecule has 78 valence electrons. The minimum atomic E-state index is 0.755. The molecule has 0 unspecified atom stereocenters. The van der Waals surface area contributed by atoms with Gasteiger partial charge in [-0.2, -0.15) is 5.10 Å². The Labute approximate surface area is 89.0 Å². The molecule has 0 fully saturated rings. The Morgan fingerprint density at radius 1 is 1.27 bits per heavy atom. The van der Waals surface area contributed by atoms with Crippen molar-refractivity contribution in [1.29, 1.82) is 0 Å². The van der Waals surface area contributed by atoms with Gasteiger partial charge in [0.05, 0.1) is 12.2 Å². The highest BCUT2D eigenvalue weighted by atomic mass is 15.3. The monoisotopic (exact) mass is 202 g/mol. The molecule has 2 aromatic heterocycles. The van der Waals surface area contributed by atoms with Gasteiger partial charge < -0.3 is 5.32 Å². The molecular weight excluding hydrogens is 188 g/mol. The van der Waals surface area contributed by atoms with Crippen molar-refractivity contribution in [3.63, 3.8) is 0 Å². The lowest BCUT2D eigenvalue weighted by molar-refractivity contribution is 0.627. The highest BCUT2D eigenvalue weighted by Crippen LogP contribution is 2.04. The predicted molar refractivity (Wildman–Crippen MR) is 59.5 cm³/mol. The number of nitrogens with one attached hydrogen (secondary N) is 1. The van der Waals surface area contributed by atoms with E-state index in [9.17, 15) is 0 Å². The van der Waals surface area contributed by atoms with Crippen LogP contribution in [0.15, 0.2) is 36.7 Å². The standard InChI is InChI=1S/C11H14N4/c1-2-15-10(6-8-14-15)9-13-11-5-3-4-7-12-11/h3-8H,2,9H2,1H3,(H,12,13). The minimum Gasteiger partial charge on any atom is -0.364 e. The molecule has 2 heterocycles. The van der Waals surface area contributed by atoms with E-state index in [0.29, 0.717) is 0 Å². The third kappa shape index (κ3) is 2.34. The van der Waals surface area contributed by atoms with Crippen molar-refractivity contribution in [3.8, 4) is 0 Å². The van der Waals surface area contributed by atoms with E-state index in [1.807, 2.05) is 35.1 Å². The second-order valence-corrected chi connectivity index (χ2v) is 3.21. The fraction of sp³-hybridized carbons (Fsp3) is 0.273. The van der Waals surface area contributed by atoms with Crippen molar-refractivity contribution in [1.82, 2.24) is 14.8 Å². The first-order chi connectivity index (χ1) is 7.40. The lowest BCUT2D eigenvalue weighted by Crippen LogP contribution is -2.08. The van der Waals surface area contributed by atoms with Crippen LogP contribution in [0.3, 0.4) is 0 Å². The van der Waals surface area contributed by atoms with Crippen LogP contribution in [0.25, 0.3) is 0 Å². The smallest absolute Gasteiger partial charge is 0.126 e. The largest absolute Gasteiger partial charge is 0.364 e. The molecule has 0 spiro atoms. The molecule has 0 saturated heterocycles. The Hall–Kier alpha value is -1.84. The van der Waals surface area contributed by atoms with Crippen LogP contribution in [0.1, 0.15) is 12.6 Å². The molecule has 0 aliphatic heterocycles. The van der Waals surface area contributed by atoms with Gasteiger partial charge in [-0.1, -0.05) is 6.07 Å². The Bertz CT molecular complexity index is 408. The van der Waals surface area contributed by atoms with Gasteiger partial charge in [-0.3, -0.25) is 4.68 Å². The number of aromatic nitrogens is 3. The minimum absolute atomic E-state index is 0.755. The quantitative estimate of drug-likeness (QED) is 0.823. The predicted octanol–water partition coefficient (Wildman–Crippen LogP) is 1.91. The van der Waals surface area contributed by atoms with E-state index in [1.54, 1.807) is 6.20 Å². The maximum atomic E-state index is 4.20. The summed E-state index contributed by atoms with van der Waals surface area (Å²) in [5, 5.41) is 7.45. The molecule has 1 N–H and O–H groups in total. The molecule has 15 heavy (non-hydrogen) atoms. The molecule has 2 aromatic rings. The summed E-state index contributed by atoms with van der Waals surface area (Å²) in [6, 6.07) is 7.83. The van der Waals surface area contributed by atoms with Crippen molar-refractivity contribution in [3.05, 3.63) is 42.4 Å². The first kappa shape index (κ1) is 9.71. The summed E-state index contributed by atoms with van der Waals surface area (Å²) in [6.07, 6.45) is 3.60. The maximum Gasteiger partial charge on any atom is 0.126 e. The number of nitrogens with zero attached hydrogens (tertiary/aromatic N) is 3. The second kappa shape index (κ2) is 4.59. The van der Waals surface area contributed by atoms with E-state index in [2.05, 4.69) is 22.3 Å². The zero-order valence-corrected chi connectivity index (χ0v) is 8.72. The second-order valence-electron chi connectivity index (χ2n) is 3.21. The summed E-state index contributed by atoms with van der Waals surface area (Å²) < 4.78 is 1.97. The van der Waals surface area contributed by atoms with Gasteiger partial charge in [0.2, 0.25) is 0 Å². The molecule has 0 radical (unpaired) electrons. The average Bonchev–Trinajstić information content (AvgIpc) is 2.75. The van der Waals surface area contributed by atoms with Gasteiger partial charge in [0, 0.05) is 18.9 Å². The van der Waals surface area contributed by atoms with Crippen LogP contribution >= 0.6 is 0 Å². The molecule has 4 nitrogen and oxygen atoms in total. The summed E-state index contributed by atoms with van der Waals surface area (Å²) in [4.78, 5) is 4.19. The van der Waals surface area contributed by atoms with E-state index >= 15 is 0 Å². The number of rotatable bonds is 4. The van der Waals surface area contributed by atoms with Gasteiger partial charge in [0.15, 0.2) is 0 Å². The summed E-state index contributed by atoms with van der Waals surface area (Å²) >= 11 is 0. The van der Waals surface area contributed by atoms with Crippen molar-refractivity contribution < 1.29 is 0 Å². The van der Waals surface area contributed by atoms with Crippen LogP contribution in [0.5, 0.6) is 0 Å². The first-order valence-corrected chi connectivity index (χ1v) is 5.05. The van der Waals surface area contributed by atoms with E-state index in [0.717, 1.165) is 18.9 Å². The molecule has 2 rings (SSSR count). The fourth-order valence-corrected chi connectivity index (χ4v) is 1.44. The molecule has 0 saturated carbocycles. The molecule has 0 atom stereocenters. The van der Waals surface area contributed by atoms with E-state index < -0.39 is 0 Å². The molecular formula is C11H14N4. The zero-order chi connectivity index (χ0) is 10.5. The van der Waals surface area contributed by atoms with Crippen molar-refractivity contribution in [2.45, 2.75) is 20.0 Å². The van der Waals surface area contributed by atoms with Crippen molar-refractivity contribution in [2.24, 2.45) is 0 Å². The SMILES string of the molecule is CCn1nccc1CNc1ccccn1. The van der Waals surface area contributed by atoms with Crippen LogP contribution in [0.4, 0.5) is 5.82 Å². The van der Waals surface area contributed by atoms with Gasteiger partial charge in [-0.15, -0.1) is 0 Å². The van der Waals surface area contributed by atoms with Crippen LogP contribution in [-0.2, 0) is 13.1 Å². The number of hydrogen-bond acceptors (Lipinski definition) is 3. The summed E-state index contributed by atoms with van der Waals surface area (Å²) in [7, 11) is 0. The van der Waals surface area contributed by atoms with Crippen molar-refractivity contribution >= 4 is 5.82 Å². The number of pyridine rings is 1. The fourth-order valence-electron chi connectivity index (χ4n) is 1.44. The normalized spacial score (nSPS) is 10.2. The van der Waals surface area contributed by atoms with E-state index in [4.69, 9.17) is 0 Å². The van der Waals surface area contributed by atoms with Crippen molar-refractivity contribution in [2.75, 3.05) is 5.32 Å². The topological polar surface area (TPSA) is 42.7 Å². The van der Waals surface area contributed by atoms with Crippen LogP contribution < -0.4 is 5.32 Å². The van der Waals surface area contributed by atoms with Crippen LogP contribution in [0, 0.1) is 0 Å². The number of anilines is 1. The highest BCUT2D eigenvalue weighted by molar-refractivity contribution is 5.33. The number of aryl methyl sites for hydroxylation is 1. The molecule has 0 aliphatic carbocycles. The lowest BCUT2D eigenvalue weighted by atomic mass is 10.4. The molecule has 0 bridgehead atoms. The first-order valence-electron chi connectivity index (χ1n) is 5.05. The number of hydrogen-bond donors (Lipinski definition) is 1. The van der Waals surface area contributed by atoms with E-state index in [-0.39, 0.29) is 0 Å². The van der Waals surface area contributed by atoms with E-state index in [1.165, 1.54) is 5.69 Å². The third-order valence-electron chi connectivity index (χ3n) is 2.22. The average molecular weight is 202 g/mol. The maximum absolute atomic E-state index is 4.20. The summed E-state index contributed by atoms with van der Waals surface area (Å²) in [6.45, 7) is 3.73. The van der Waals surface area contributed by atoms with Gasteiger partial charge >= 0.3 is 0 Å². The van der Waals surface area contributed by atoms with Gasteiger partial charge in [-0.05, 0) is 25.1 Å². The molecule has 4 heteroatoms. The molecule has 0 amide bonds. The van der Waals surface area contributed by atoms with Crippen LogP contribution in [0.2, 0.25) is 0 Å². The summed E-state index contributed by atoms with van der Waals surface area (Å²) in [5.74, 6) is 0.890. The third-order valence-corrected chi connectivity index (χ3v) is 2.22. The van der Waals surface area contributed by atoms with Gasteiger partial charge in [0.1, 0.15) is 5.82 Å². The zero-order valence-electron chi connectivity index (χ0n) is 8.72. The van der Waals surface area contributed by atoms with Gasteiger partial charge in [0.25, 0.3) is 0 Å². The Kier molecular flexibility index (Phi) is 2.97. The molecule has 0 aliphatic rings. The summed E-state index contributed by atoms with van der Waals surface area (Å²) in [5.41, 5.74) is 1.17. The lowest BCUT2D eigenvalue weighted by Gasteiger charge is -2.06. The van der Waals surface area contributed by atoms with Gasteiger partial charge in [-0.25, -0.2) is 4.98 Å². The molecule has 0 aromatic carbocycles. The Balaban J connectivity index is 1.99. The Morgan fingerprint density at radius 3 is 2.93 bits per heavy atom.